The van der Waals surface area contributed by atoms with Gasteiger partial charge in [0.2, 0.25) is 5.91 Å². The number of amides is 1. The van der Waals surface area contributed by atoms with Crippen LogP contribution in [0.5, 0.6) is 0 Å². The normalized spacial score (nSPS) is 22.0. The first-order chi connectivity index (χ1) is 12.5. The molecule has 3 N–H and O–H groups in total. The molecular weight excluding hydrogens is 347 g/mol. The molecule has 2 heterocycles. The summed E-state index contributed by atoms with van der Waals surface area (Å²) in [5, 5.41) is 7.53. The molecule has 1 unspecified atom stereocenters. The Morgan fingerprint density at radius 1 is 1.19 bits per heavy atom. The molecule has 1 atom stereocenters. The minimum atomic E-state index is -1.15. The Labute approximate surface area is 158 Å². The number of carbonyl (C=O) groups excluding carboxylic acids is 1. The fourth-order valence-electron chi connectivity index (χ4n) is 3.42. The van der Waals surface area contributed by atoms with Crippen molar-refractivity contribution >= 4 is 23.4 Å². The van der Waals surface area contributed by atoms with Crippen LogP contribution in [0.4, 0.5) is 15.9 Å². The van der Waals surface area contributed by atoms with Crippen molar-refractivity contribution in [1.29, 1.82) is 0 Å². The number of nitrogens with one attached hydrogen (secondary N) is 1. The van der Waals surface area contributed by atoms with Gasteiger partial charge in [0.1, 0.15) is 17.2 Å². The lowest BCUT2D eigenvalue weighted by molar-refractivity contribution is -0.140. The number of guanidine groups is 1. The standard InChI is InChI=1S/C19H25FN6O/c1-11-9-15(26(6)24-11)22-12-7-8-14(20)13(10-12)19(4)18(2,3)16(27)25(5)17(21)23-19/h7-10,22H,1-6H3,(H2,21,23). The van der Waals surface area contributed by atoms with E-state index >= 15 is 0 Å². The van der Waals surface area contributed by atoms with Gasteiger partial charge in [-0.1, -0.05) is 0 Å². The molecule has 0 fully saturated rings. The summed E-state index contributed by atoms with van der Waals surface area (Å²) in [6.45, 7) is 7.14. The highest BCUT2D eigenvalue weighted by atomic mass is 19.1. The number of rotatable bonds is 3. The summed E-state index contributed by atoms with van der Waals surface area (Å²) in [4.78, 5) is 18.6. The third-order valence-electron chi connectivity index (χ3n) is 5.50. The molecule has 0 spiro atoms. The Hall–Kier alpha value is -2.90. The molecule has 0 bridgehead atoms. The van der Waals surface area contributed by atoms with Gasteiger partial charge in [0, 0.05) is 31.4 Å². The summed E-state index contributed by atoms with van der Waals surface area (Å²) in [6, 6.07) is 6.58. The van der Waals surface area contributed by atoms with E-state index in [1.54, 1.807) is 44.6 Å². The maximum absolute atomic E-state index is 14.8. The quantitative estimate of drug-likeness (QED) is 0.867. The van der Waals surface area contributed by atoms with Gasteiger partial charge in [0.15, 0.2) is 5.96 Å². The van der Waals surface area contributed by atoms with E-state index in [2.05, 4.69) is 15.4 Å². The average Bonchev–Trinajstić information content (AvgIpc) is 2.90. The Kier molecular flexibility index (Phi) is 4.25. The summed E-state index contributed by atoms with van der Waals surface area (Å²) in [6.07, 6.45) is 0. The van der Waals surface area contributed by atoms with E-state index in [-0.39, 0.29) is 11.9 Å². The monoisotopic (exact) mass is 372 g/mol. The number of hydrogen-bond acceptors (Lipinski definition) is 5. The predicted molar refractivity (Wildman–Crippen MR) is 103 cm³/mol. The molecule has 8 heteroatoms. The number of aryl methyl sites for hydroxylation is 2. The van der Waals surface area contributed by atoms with Crippen molar-refractivity contribution in [2.45, 2.75) is 33.2 Å². The van der Waals surface area contributed by atoms with E-state index < -0.39 is 16.8 Å². The Morgan fingerprint density at radius 3 is 2.44 bits per heavy atom. The first-order valence-corrected chi connectivity index (χ1v) is 8.68. The molecule has 7 nitrogen and oxygen atoms in total. The van der Waals surface area contributed by atoms with Crippen molar-refractivity contribution in [3.05, 3.63) is 41.3 Å². The second-order valence-corrected chi connectivity index (χ2v) is 7.65. The maximum Gasteiger partial charge on any atom is 0.237 e. The first kappa shape index (κ1) is 18.9. The number of anilines is 2. The Morgan fingerprint density at radius 2 is 1.85 bits per heavy atom. The van der Waals surface area contributed by atoms with Gasteiger partial charge in [-0.05, 0) is 45.9 Å². The van der Waals surface area contributed by atoms with Crippen LogP contribution >= 0.6 is 0 Å². The summed E-state index contributed by atoms with van der Waals surface area (Å²) in [5.41, 5.74) is 5.66. The Bertz CT molecular complexity index is 948. The topological polar surface area (TPSA) is 88.5 Å². The molecule has 0 saturated heterocycles. The predicted octanol–water partition coefficient (Wildman–Crippen LogP) is 2.64. The molecule has 0 radical (unpaired) electrons. The van der Waals surface area contributed by atoms with Crippen LogP contribution < -0.4 is 11.1 Å². The number of benzene rings is 1. The molecule has 1 aromatic carbocycles. The molecule has 0 aliphatic carbocycles. The number of halogens is 1. The van der Waals surface area contributed by atoms with Crippen molar-refractivity contribution in [3.63, 3.8) is 0 Å². The van der Waals surface area contributed by atoms with Crippen LogP contribution in [-0.2, 0) is 17.4 Å². The molecule has 1 aliphatic rings. The smallest absolute Gasteiger partial charge is 0.237 e. The Balaban J connectivity index is 2.11. The van der Waals surface area contributed by atoms with Gasteiger partial charge < -0.3 is 11.1 Å². The number of aromatic nitrogens is 2. The van der Waals surface area contributed by atoms with E-state index in [4.69, 9.17) is 5.73 Å². The summed E-state index contributed by atoms with van der Waals surface area (Å²) in [5.74, 6) is 0.197. The van der Waals surface area contributed by atoms with Gasteiger partial charge in [-0.15, -0.1) is 0 Å². The maximum atomic E-state index is 14.8. The van der Waals surface area contributed by atoms with Gasteiger partial charge in [0.25, 0.3) is 0 Å². The van der Waals surface area contributed by atoms with Crippen molar-refractivity contribution in [1.82, 2.24) is 14.7 Å². The first-order valence-electron chi connectivity index (χ1n) is 8.68. The largest absolute Gasteiger partial charge is 0.369 e. The van der Waals surface area contributed by atoms with Crippen molar-refractivity contribution < 1.29 is 9.18 Å². The lowest BCUT2D eigenvalue weighted by Gasteiger charge is -2.46. The number of nitrogens with two attached hydrogens (primary N) is 1. The molecular formula is C19H25FN6O. The minimum Gasteiger partial charge on any atom is -0.369 e. The molecule has 1 aliphatic heterocycles. The fourth-order valence-corrected chi connectivity index (χ4v) is 3.42. The second kappa shape index (κ2) is 6.07. The number of nitrogens with zero attached hydrogens (tertiary/aromatic N) is 4. The molecule has 3 rings (SSSR count). The third-order valence-corrected chi connectivity index (χ3v) is 5.50. The van der Waals surface area contributed by atoms with Gasteiger partial charge in [-0.2, -0.15) is 5.10 Å². The summed E-state index contributed by atoms with van der Waals surface area (Å²) >= 11 is 0. The molecule has 1 amide bonds. The zero-order chi connectivity index (χ0) is 20.1. The van der Waals surface area contributed by atoms with Crippen LogP contribution in [0.25, 0.3) is 0 Å². The van der Waals surface area contributed by atoms with E-state index in [9.17, 15) is 9.18 Å². The number of carbonyl (C=O) groups is 1. The molecule has 1 aromatic heterocycles. The van der Waals surface area contributed by atoms with Crippen molar-refractivity contribution in [2.75, 3.05) is 12.4 Å². The van der Waals surface area contributed by atoms with Crippen LogP contribution in [0.2, 0.25) is 0 Å². The molecule has 144 valence electrons. The zero-order valence-electron chi connectivity index (χ0n) is 16.5. The summed E-state index contributed by atoms with van der Waals surface area (Å²) < 4.78 is 16.5. The number of aliphatic imine (C=N–C) groups is 1. The highest BCUT2D eigenvalue weighted by Crippen LogP contribution is 2.47. The lowest BCUT2D eigenvalue weighted by Crippen LogP contribution is -2.58. The molecule has 0 saturated carbocycles. The van der Waals surface area contributed by atoms with Gasteiger partial charge in [-0.25, -0.2) is 9.38 Å². The van der Waals surface area contributed by atoms with Crippen LogP contribution in [0.1, 0.15) is 32.0 Å². The fraction of sp³-hybridized carbons (Fsp3) is 0.421. The van der Waals surface area contributed by atoms with E-state index in [1.807, 2.05) is 20.0 Å². The number of hydrogen-bond donors (Lipinski definition) is 2. The molecule has 2 aromatic rings. The van der Waals surface area contributed by atoms with Crippen LogP contribution in [0.15, 0.2) is 29.3 Å². The average molecular weight is 372 g/mol. The van der Waals surface area contributed by atoms with E-state index in [0.29, 0.717) is 11.3 Å². The van der Waals surface area contributed by atoms with Crippen molar-refractivity contribution in [2.24, 2.45) is 23.2 Å². The van der Waals surface area contributed by atoms with E-state index in [0.717, 1.165) is 11.5 Å². The summed E-state index contributed by atoms with van der Waals surface area (Å²) in [7, 11) is 3.40. The zero-order valence-corrected chi connectivity index (χ0v) is 16.5. The second-order valence-electron chi connectivity index (χ2n) is 7.65. The van der Waals surface area contributed by atoms with Crippen LogP contribution in [0.3, 0.4) is 0 Å². The SMILES string of the molecule is Cc1cc(Nc2ccc(F)c(C3(C)N=C(N)N(C)C(=O)C3(C)C)c2)n(C)n1. The van der Waals surface area contributed by atoms with Crippen LogP contribution in [0, 0.1) is 18.2 Å². The van der Waals surface area contributed by atoms with Crippen molar-refractivity contribution in [3.8, 4) is 0 Å². The molecule has 27 heavy (non-hydrogen) atoms. The highest BCUT2D eigenvalue weighted by Gasteiger charge is 2.53. The van der Waals surface area contributed by atoms with Gasteiger partial charge >= 0.3 is 0 Å². The minimum absolute atomic E-state index is 0.0712. The van der Waals surface area contributed by atoms with Gasteiger partial charge in [0.05, 0.1) is 11.1 Å². The van der Waals surface area contributed by atoms with E-state index in [1.165, 1.54) is 11.0 Å². The lowest BCUT2D eigenvalue weighted by atomic mass is 9.67. The van der Waals surface area contributed by atoms with Gasteiger partial charge in [-0.3, -0.25) is 14.4 Å². The third kappa shape index (κ3) is 2.85. The highest BCUT2D eigenvalue weighted by molar-refractivity contribution is 6.01. The van der Waals surface area contributed by atoms with Crippen LogP contribution in [-0.4, -0.2) is 33.6 Å².